The molecule has 1 aromatic carbocycles. The Morgan fingerprint density at radius 1 is 1.00 bits per heavy atom. The zero-order chi connectivity index (χ0) is 11.9. The molecule has 4 rings (SSSR count). The van der Waals surface area contributed by atoms with Crippen LogP contribution in [0.2, 0.25) is 0 Å². The molecule has 18 heavy (non-hydrogen) atoms. The van der Waals surface area contributed by atoms with E-state index in [1.807, 2.05) is 6.07 Å². The lowest BCUT2D eigenvalue weighted by molar-refractivity contribution is -0.304. The maximum Gasteiger partial charge on any atom is 0.699 e. The molecule has 1 aromatic heterocycles. The highest BCUT2D eigenvalue weighted by Gasteiger charge is 2.32. The van der Waals surface area contributed by atoms with Gasteiger partial charge in [0.2, 0.25) is 0 Å². The Morgan fingerprint density at radius 3 is 2.78 bits per heavy atom. The predicted molar refractivity (Wildman–Crippen MR) is 74.3 cm³/mol. The monoisotopic (exact) mass is 230 g/mol. The Kier molecular flexibility index (Phi) is 1.94. The quantitative estimate of drug-likeness (QED) is 0.664. The second kappa shape index (κ2) is 3.60. The van der Waals surface area contributed by atoms with Crippen molar-refractivity contribution >= 4 is 25.4 Å². The van der Waals surface area contributed by atoms with Crippen LogP contribution in [0.3, 0.4) is 0 Å². The second-order valence-corrected chi connectivity index (χ2v) is 4.49. The maximum atomic E-state index is 2.22. The first-order chi connectivity index (χ1) is 8.92. The minimum atomic E-state index is 1.22. The Bertz CT molecular complexity index is 705. The molecule has 0 unspecified atom stereocenters. The fraction of sp³-hybridized carbons (Fsp3) is 0. The molecule has 2 aliphatic heterocycles. The smallest absolute Gasteiger partial charge is 0.325 e. The van der Waals surface area contributed by atoms with Crippen molar-refractivity contribution < 1.29 is 4.49 Å². The highest BCUT2D eigenvalue weighted by molar-refractivity contribution is 6.28. The van der Waals surface area contributed by atoms with Gasteiger partial charge in [0.25, 0.3) is 0 Å². The summed E-state index contributed by atoms with van der Waals surface area (Å²) in [6, 6.07) is 14.7. The van der Waals surface area contributed by atoms with Crippen molar-refractivity contribution in [1.82, 2.24) is 4.48 Å². The van der Waals surface area contributed by atoms with Gasteiger partial charge >= 0.3 is 7.55 Å². The maximum absolute atomic E-state index is 2.22. The van der Waals surface area contributed by atoms with Crippen molar-refractivity contribution in [2.24, 2.45) is 0 Å². The first kappa shape index (κ1) is 9.72. The van der Waals surface area contributed by atoms with Gasteiger partial charge in [0, 0.05) is 17.8 Å². The van der Waals surface area contributed by atoms with Crippen molar-refractivity contribution in [2.45, 2.75) is 0 Å². The first-order valence-corrected chi connectivity index (χ1v) is 6.05. The van der Waals surface area contributed by atoms with E-state index >= 15 is 0 Å². The van der Waals surface area contributed by atoms with Crippen molar-refractivity contribution in [3.05, 3.63) is 71.7 Å². The average molecular weight is 230 g/mol. The first-order valence-electron chi connectivity index (χ1n) is 6.05. The number of hydrogen-bond donors (Lipinski definition) is 0. The Hall–Kier alpha value is -2.29. The van der Waals surface area contributed by atoms with Gasteiger partial charge in [-0.2, -0.15) is 0 Å². The van der Waals surface area contributed by atoms with E-state index in [4.69, 9.17) is 0 Å². The minimum Gasteiger partial charge on any atom is -0.325 e. The molecule has 0 saturated carbocycles. The molecule has 83 valence electrons. The third-order valence-corrected chi connectivity index (χ3v) is 3.39. The molecule has 2 nitrogen and oxygen atoms in total. The lowest BCUT2D eigenvalue weighted by atomic mass is 9.97. The number of fused-ring (bicyclic) bond motifs is 2. The topological polar surface area (TPSA) is 7.94 Å². The summed E-state index contributed by atoms with van der Waals surface area (Å²) in [6.07, 6.45) is 8.57. The van der Waals surface area contributed by atoms with E-state index in [0.717, 1.165) is 0 Å². The van der Waals surface area contributed by atoms with Crippen LogP contribution in [0.25, 0.3) is 11.6 Å². The van der Waals surface area contributed by atoms with Gasteiger partial charge in [0.1, 0.15) is 6.21 Å². The lowest BCUT2D eigenvalue weighted by Crippen LogP contribution is -2.26. The summed E-state index contributed by atoms with van der Waals surface area (Å²) >= 11 is 0. The highest BCUT2D eigenvalue weighted by atomic mass is 15.1. The molecule has 2 aliphatic rings. The highest BCUT2D eigenvalue weighted by Crippen LogP contribution is 2.30. The van der Waals surface area contributed by atoms with Gasteiger partial charge in [-0.15, -0.1) is 0 Å². The van der Waals surface area contributed by atoms with E-state index < -0.39 is 0 Å². The summed E-state index contributed by atoms with van der Waals surface area (Å²) in [4.78, 5) is 0. The molecule has 3 heteroatoms. The molecule has 0 spiro atoms. The van der Waals surface area contributed by atoms with Gasteiger partial charge in [0.05, 0.1) is 5.57 Å². The van der Waals surface area contributed by atoms with Crippen LogP contribution in [0.4, 0.5) is 0 Å². The summed E-state index contributed by atoms with van der Waals surface area (Å²) in [7, 11) is 2.11. The molecular formula is C15H11BN2+. The molecule has 0 N–H and O–H groups in total. The molecule has 0 bridgehead atoms. The van der Waals surface area contributed by atoms with Gasteiger partial charge in [-0.1, -0.05) is 30.3 Å². The molecule has 2 aromatic rings. The van der Waals surface area contributed by atoms with Crippen LogP contribution in [0.15, 0.2) is 60.4 Å². The number of allylic oxidation sites excluding steroid dienone is 2. The number of hydrogen-bond acceptors (Lipinski definition) is 0. The van der Waals surface area contributed by atoms with Crippen LogP contribution < -0.4 is 0 Å². The van der Waals surface area contributed by atoms with E-state index in [-0.39, 0.29) is 0 Å². The standard InChI is InChI=1S/C15H11BN2/c1-2-5-12(6-3-1)14-8-10-18-15(14)11-13-7-4-9-17(13)16-18/h1-11H/q+1. The Labute approximate surface area is 106 Å². The zero-order valence-corrected chi connectivity index (χ0v) is 9.82. The molecule has 0 saturated heterocycles. The fourth-order valence-corrected chi connectivity index (χ4v) is 2.48. The third kappa shape index (κ3) is 1.34. The van der Waals surface area contributed by atoms with Crippen LogP contribution in [-0.4, -0.2) is 22.7 Å². The molecule has 0 atom stereocenters. The summed E-state index contributed by atoms with van der Waals surface area (Å²) < 4.78 is 4.29. The van der Waals surface area contributed by atoms with Gasteiger partial charge in [-0.05, 0) is 23.9 Å². The van der Waals surface area contributed by atoms with E-state index in [9.17, 15) is 0 Å². The fourth-order valence-electron chi connectivity index (χ4n) is 2.48. The van der Waals surface area contributed by atoms with Crippen LogP contribution in [0.1, 0.15) is 11.3 Å². The number of aromatic nitrogens is 1. The summed E-state index contributed by atoms with van der Waals surface area (Å²) in [5.74, 6) is 0. The van der Waals surface area contributed by atoms with Gasteiger partial charge in [0.15, 0.2) is 5.70 Å². The van der Waals surface area contributed by atoms with Crippen LogP contribution in [0.5, 0.6) is 0 Å². The van der Waals surface area contributed by atoms with Crippen LogP contribution >= 0.6 is 0 Å². The van der Waals surface area contributed by atoms with Crippen molar-refractivity contribution in [3.8, 4) is 0 Å². The summed E-state index contributed by atoms with van der Waals surface area (Å²) in [6.45, 7) is 0. The van der Waals surface area contributed by atoms with Crippen molar-refractivity contribution in [3.63, 3.8) is 0 Å². The Morgan fingerprint density at radius 2 is 1.89 bits per heavy atom. The molecular weight excluding hydrogens is 219 g/mol. The second-order valence-electron chi connectivity index (χ2n) is 4.49. The molecule has 3 heterocycles. The zero-order valence-electron chi connectivity index (χ0n) is 9.82. The number of benzene rings is 1. The molecule has 0 fully saturated rings. The SMILES string of the molecule is [B]1n2cccc2C=C2C(c3ccccc3)=CC=[N+]12. The van der Waals surface area contributed by atoms with Gasteiger partial charge in [-0.3, -0.25) is 4.49 Å². The van der Waals surface area contributed by atoms with Crippen molar-refractivity contribution in [1.29, 1.82) is 0 Å². The largest absolute Gasteiger partial charge is 0.699 e. The van der Waals surface area contributed by atoms with Crippen molar-refractivity contribution in [2.75, 3.05) is 0 Å². The number of rotatable bonds is 1. The summed E-state index contributed by atoms with van der Waals surface area (Å²) in [5.41, 5.74) is 5.00. The van der Waals surface area contributed by atoms with E-state index in [1.54, 1.807) is 0 Å². The van der Waals surface area contributed by atoms with Gasteiger partial charge in [-0.25, -0.2) is 0 Å². The predicted octanol–water partition coefficient (Wildman–Crippen LogP) is 2.41. The number of nitrogens with zero attached hydrogens (tertiary/aromatic N) is 2. The van der Waals surface area contributed by atoms with E-state index in [1.165, 1.54) is 22.5 Å². The van der Waals surface area contributed by atoms with E-state index in [2.05, 4.69) is 77.5 Å². The molecule has 0 amide bonds. The van der Waals surface area contributed by atoms with Gasteiger partial charge < -0.3 is 4.48 Å². The van der Waals surface area contributed by atoms with Crippen LogP contribution in [0, 0.1) is 0 Å². The summed E-state index contributed by atoms with van der Waals surface area (Å²) in [5, 5.41) is 0. The van der Waals surface area contributed by atoms with E-state index in [0.29, 0.717) is 0 Å². The molecule has 0 aliphatic carbocycles. The minimum absolute atomic E-state index is 1.22. The van der Waals surface area contributed by atoms with Crippen LogP contribution in [-0.2, 0) is 0 Å². The Balaban J connectivity index is 1.83. The molecule has 1 radical (unpaired) electrons. The average Bonchev–Trinajstić information content (AvgIpc) is 3.02. The third-order valence-electron chi connectivity index (χ3n) is 3.39. The lowest BCUT2D eigenvalue weighted by Gasteiger charge is -2.11. The normalized spacial score (nSPS) is 16.1.